The van der Waals surface area contributed by atoms with Gasteiger partial charge in [-0.25, -0.2) is 0 Å². The van der Waals surface area contributed by atoms with Crippen molar-refractivity contribution in [1.82, 2.24) is 10.2 Å². The van der Waals surface area contributed by atoms with Gasteiger partial charge in [-0.15, -0.1) is 0 Å². The number of benzene rings is 1. The van der Waals surface area contributed by atoms with Gasteiger partial charge in [0.15, 0.2) is 0 Å². The lowest BCUT2D eigenvalue weighted by molar-refractivity contribution is -0.137. The molecule has 0 aliphatic rings. The monoisotopic (exact) mass is 408 g/mol. The van der Waals surface area contributed by atoms with Crippen molar-refractivity contribution in [2.24, 2.45) is 0 Å². The number of aryl methyl sites for hydroxylation is 1. The molecule has 0 radical (unpaired) electrons. The van der Waals surface area contributed by atoms with Crippen LogP contribution in [-0.4, -0.2) is 15.7 Å². The number of H-pyrrole nitrogens is 1. The van der Waals surface area contributed by atoms with Crippen LogP contribution in [0.3, 0.4) is 0 Å². The van der Waals surface area contributed by atoms with E-state index in [2.05, 4.69) is 10.2 Å². The maximum absolute atomic E-state index is 12.8. The van der Waals surface area contributed by atoms with Gasteiger partial charge in [-0.3, -0.25) is 5.10 Å². The minimum atomic E-state index is -4.69. The Morgan fingerprint density at radius 2 is 1.62 bits per heavy atom. The summed E-state index contributed by atoms with van der Waals surface area (Å²) in [5, 5.41) is 5.32. The maximum atomic E-state index is 12.8. The Bertz CT molecular complexity index is 731. The first-order valence-corrected chi connectivity index (χ1v) is 7.91. The summed E-state index contributed by atoms with van der Waals surface area (Å²) >= 11 is 11.3. The van der Waals surface area contributed by atoms with Crippen molar-refractivity contribution < 1.29 is 26.3 Å². The highest BCUT2D eigenvalue weighted by Gasteiger charge is 2.35. The Balaban J connectivity index is 2.63. The van der Waals surface area contributed by atoms with Crippen molar-refractivity contribution in [3.05, 3.63) is 33.4 Å². The van der Waals surface area contributed by atoms with Crippen LogP contribution in [0.2, 0.25) is 10.0 Å². The third-order valence-electron chi connectivity index (χ3n) is 2.97. The Morgan fingerprint density at radius 3 is 2.04 bits per heavy atom. The smallest absolute Gasteiger partial charge is 0.281 e. The molecule has 1 N–H and O–H groups in total. The normalized spacial score (nSPS) is 12.7. The summed E-state index contributed by atoms with van der Waals surface area (Å²) in [5.41, 5.74) is -5.95. The molecule has 0 bridgehead atoms. The van der Waals surface area contributed by atoms with Gasteiger partial charge in [-0.1, -0.05) is 30.1 Å². The van der Waals surface area contributed by atoms with E-state index >= 15 is 0 Å². The number of hydrogen-bond donors (Lipinski definition) is 1. The fourth-order valence-electron chi connectivity index (χ4n) is 1.97. The zero-order valence-electron chi connectivity index (χ0n) is 11.7. The van der Waals surface area contributed by atoms with Gasteiger partial charge in [0.25, 0.3) is 0 Å². The van der Waals surface area contributed by atoms with Crippen molar-refractivity contribution in [2.45, 2.75) is 29.9 Å². The second-order valence-electron chi connectivity index (χ2n) is 4.59. The number of hydrogen-bond acceptors (Lipinski definition) is 2. The molecule has 1 aromatic heterocycles. The third-order valence-corrected chi connectivity index (χ3v) is 4.44. The van der Waals surface area contributed by atoms with E-state index in [4.69, 9.17) is 23.2 Å². The highest BCUT2D eigenvalue weighted by atomic mass is 35.5. The molecular weight excluding hydrogens is 401 g/mol. The molecule has 24 heavy (non-hydrogen) atoms. The summed E-state index contributed by atoms with van der Waals surface area (Å²) in [6, 6.07) is 1.20. The molecule has 0 unspecified atom stereocenters. The second-order valence-corrected chi connectivity index (χ2v) is 6.48. The maximum Gasteiger partial charge on any atom is 0.446 e. The Kier molecular flexibility index (Phi) is 5.37. The van der Waals surface area contributed by atoms with Crippen molar-refractivity contribution in [2.75, 3.05) is 0 Å². The zero-order valence-corrected chi connectivity index (χ0v) is 14.1. The van der Waals surface area contributed by atoms with E-state index in [0.717, 1.165) is 0 Å². The van der Waals surface area contributed by atoms with Crippen LogP contribution in [0.5, 0.6) is 0 Å². The molecule has 0 aliphatic heterocycles. The van der Waals surface area contributed by atoms with E-state index in [9.17, 15) is 26.3 Å². The summed E-state index contributed by atoms with van der Waals surface area (Å²) in [5.74, 6) is 0. The zero-order chi connectivity index (χ0) is 18.3. The Hall–Kier alpha value is -1.06. The molecule has 11 heteroatoms. The van der Waals surface area contributed by atoms with Gasteiger partial charge in [-0.2, -0.15) is 31.4 Å². The van der Waals surface area contributed by atoms with Crippen LogP contribution in [-0.2, 0) is 12.6 Å². The van der Waals surface area contributed by atoms with E-state index in [1.807, 2.05) is 0 Å². The van der Waals surface area contributed by atoms with Crippen LogP contribution in [0.15, 0.2) is 17.0 Å². The number of thioether (sulfide) groups is 1. The summed E-state index contributed by atoms with van der Waals surface area (Å²) < 4.78 is 76.5. The number of nitrogens with zero attached hydrogens (tertiary/aromatic N) is 1. The topological polar surface area (TPSA) is 28.7 Å². The predicted octanol–water partition coefficient (Wildman–Crippen LogP) is 6.58. The molecule has 1 aromatic carbocycles. The number of halogens is 8. The predicted molar refractivity (Wildman–Crippen MR) is 80.3 cm³/mol. The minimum Gasteiger partial charge on any atom is -0.281 e. The lowest BCUT2D eigenvalue weighted by Gasteiger charge is -2.13. The SMILES string of the molecule is CCc1[nH]nc(-c2c(Cl)cc(C(F)(F)F)cc2Cl)c1SC(F)(F)F. The van der Waals surface area contributed by atoms with E-state index in [0.29, 0.717) is 12.1 Å². The molecule has 0 aliphatic carbocycles. The number of aromatic amines is 1. The Labute approximate surface area is 146 Å². The van der Waals surface area contributed by atoms with Gasteiger partial charge in [0.05, 0.1) is 20.5 Å². The highest BCUT2D eigenvalue weighted by molar-refractivity contribution is 8.00. The quantitative estimate of drug-likeness (QED) is 0.459. The molecule has 0 fully saturated rings. The molecule has 0 spiro atoms. The number of alkyl halides is 6. The van der Waals surface area contributed by atoms with Gasteiger partial charge < -0.3 is 0 Å². The first-order valence-electron chi connectivity index (χ1n) is 6.33. The lowest BCUT2D eigenvalue weighted by atomic mass is 10.1. The van der Waals surface area contributed by atoms with Gasteiger partial charge in [0.2, 0.25) is 0 Å². The van der Waals surface area contributed by atoms with Crippen molar-refractivity contribution >= 4 is 35.0 Å². The Morgan fingerprint density at radius 1 is 1.08 bits per heavy atom. The van der Waals surface area contributed by atoms with Crippen molar-refractivity contribution in [1.29, 1.82) is 0 Å². The average Bonchev–Trinajstić information content (AvgIpc) is 2.77. The third kappa shape index (κ3) is 4.12. The van der Waals surface area contributed by atoms with Crippen LogP contribution in [0.1, 0.15) is 18.2 Å². The number of aromatic nitrogens is 2. The van der Waals surface area contributed by atoms with Crippen LogP contribution in [0, 0.1) is 0 Å². The number of rotatable bonds is 3. The molecule has 132 valence electrons. The molecule has 0 saturated carbocycles. The van der Waals surface area contributed by atoms with Crippen LogP contribution in [0.25, 0.3) is 11.3 Å². The molecule has 0 atom stereocenters. The molecule has 2 rings (SSSR count). The van der Waals surface area contributed by atoms with Crippen molar-refractivity contribution in [3.63, 3.8) is 0 Å². The summed E-state index contributed by atoms with van der Waals surface area (Å²) in [7, 11) is 0. The van der Waals surface area contributed by atoms with Gasteiger partial charge >= 0.3 is 11.7 Å². The van der Waals surface area contributed by atoms with Crippen molar-refractivity contribution in [3.8, 4) is 11.3 Å². The first kappa shape index (κ1) is 19.3. The molecule has 2 aromatic rings. The fourth-order valence-corrected chi connectivity index (χ4v) is 3.42. The molecule has 0 saturated heterocycles. The van der Waals surface area contributed by atoms with E-state index in [1.54, 1.807) is 6.92 Å². The fraction of sp³-hybridized carbons (Fsp3) is 0.308. The summed E-state index contributed by atoms with van der Waals surface area (Å²) in [6.07, 6.45) is -4.48. The van der Waals surface area contributed by atoms with E-state index < -0.39 is 39.1 Å². The first-order chi connectivity index (χ1) is 10.9. The van der Waals surface area contributed by atoms with Gasteiger partial charge in [0, 0.05) is 11.3 Å². The molecule has 1 heterocycles. The van der Waals surface area contributed by atoms with Crippen LogP contribution in [0.4, 0.5) is 26.3 Å². The van der Waals surface area contributed by atoms with Gasteiger partial charge in [-0.05, 0) is 30.3 Å². The minimum absolute atomic E-state index is 0.180. The highest BCUT2D eigenvalue weighted by Crippen LogP contribution is 2.47. The largest absolute Gasteiger partial charge is 0.446 e. The van der Waals surface area contributed by atoms with Gasteiger partial charge in [0.1, 0.15) is 5.69 Å². The van der Waals surface area contributed by atoms with E-state index in [-0.39, 0.29) is 28.3 Å². The van der Waals surface area contributed by atoms with Crippen LogP contribution >= 0.6 is 35.0 Å². The molecular formula is C13H8Cl2F6N2S. The second kappa shape index (κ2) is 6.68. The van der Waals surface area contributed by atoms with E-state index in [1.165, 1.54) is 0 Å². The molecule has 2 nitrogen and oxygen atoms in total. The molecule has 0 amide bonds. The average molecular weight is 409 g/mol. The standard InChI is InChI=1S/C13H8Cl2F6N2S/c1-2-8-11(24-13(19,20)21)10(23-22-8)9-6(14)3-5(4-7(9)15)12(16,17)18/h3-4H,2H2,1H3,(H,22,23). The lowest BCUT2D eigenvalue weighted by Crippen LogP contribution is -2.05. The summed E-state index contributed by atoms with van der Waals surface area (Å²) in [6.45, 7) is 1.60. The van der Waals surface area contributed by atoms with Crippen LogP contribution < -0.4 is 0 Å². The summed E-state index contributed by atoms with van der Waals surface area (Å²) in [4.78, 5) is -0.270. The number of nitrogens with one attached hydrogen (secondary N) is 1.